The van der Waals surface area contributed by atoms with E-state index in [9.17, 15) is 14.7 Å². The number of benzene rings is 1. The summed E-state index contributed by atoms with van der Waals surface area (Å²) in [6.07, 6.45) is 2.15. The van der Waals surface area contributed by atoms with Crippen LogP contribution in [0.1, 0.15) is 23.2 Å². The first-order chi connectivity index (χ1) is 10.1. The number of amides is 1. The number of H-pyrrole nitrogens is 1. The molecule has 2 aromatic rings. The van der Waals surface area contributed by atoms with Crippen molar-refractivity contribution in [2.45, 2.75) is 18.4 Å². The Bertz CT molecular complexity index is 688. The lowest BCUT2D eigenvalue weighted by Crippen LogP contribution is -2.57. The van der Waals surface area contributed by atoms with Crippen LogP contribution in [-0.2, 0) is 9.53 Å². The van der Waals surface area contributed by atoms with Gasteiger partial charge in [0.05, 0.1) is 11.7 Å². The average molecular weight is 289 g/mol. The zero-order valence-corrected chi connectivity index (χ0v) is 11.3. The molecule has 1 fully saturated rings. The normalized spacial score (nSPS) is 17.5. The van der Waals surface area contributed by atoms with Crippen molar-refractivity contribution >= 4 is 22.8 Å². The van der Waals surface area contributed by atoms with Crippen LogP contribution >= 0.6 is 0 Å². The lowest BCUT2D eigenvalue weighted by molar-refractivity contribution is -0.148. The summed E-state index contributed by atoms with van der Waals surface area (Å²) in [5.41, 5.74) is -0.0117. The van der Waals surface area contributed by atoms with Gasteiger partial charge < -0.3 is 15.2 Å². The smallest absolute Gasteiger partial charge is 0.329 e. The number of carbonyl (C=O) groups excluding carboxylic acids is 1. The SMILES string of the molecule is O=C(NC1(C(=O)O)CCOCC1)c1ccc2[nH]ncc2c1. The predicted molar refractivity (Wildman–Crippen MR) is 74.0 cm³/mol. The molecular weight excluding hydrogens is 274 g/mol. The Balaban J connectivity index is 1.85. The number of aromatic nitrogens is 2. The molecule has 3 N–H and O–H groups in total. The highest BCUT2D eigenvalue weighted by molar-refractivity contribution is 6.00. The molecule has 1 aliphatic heterocycles. The number of rotatable bonds is 3. The zero-order chi connectivity index (χ0) is 14.9. The van der Waals surface area contributed by atoms with Crippen molar-refractivity contribution in [3.8, 4) is 0 Å². The van der Waals surface area contributed by atoms with E-state index in [0.29, 0.717) is 18.8 Å². The Morgan fingerprint density at radius 1 is 1.33 bits per heavy atom. The molecule has 21 heavy (non-hydrogen) atoms. The summed E-state index contributed by atoms with van der Waals surface area (Å²) in [7, 11) is 0. The zero-order valence-electron chi connectivity index (χ0n) is 11.3. The van der Waals surface area contributed by atoms with E-state index in [1.807, 2.05) is 0 Å². The molecule has 0 radical (unpaired) electrons. The second-order valence-electron chi connectivity index (χ2n) is 5.13. The molecule has 3 rings (SSSR count). The van der Waals surface area contributed by atoms with Gasteiger partial charge in [0.15, 0.2) is 0 Å². The Morgan fingerprint density at radius 2 is 2.10 bits per heavy atom. The highest BCUT2D eigenvalue weighted by atomic mass is 16.5. The van der Waals surface area contributed by atoms with Crippen LogP contribution in [0, 0.1) is 0 Å². The fraction of sp³-hybridized carbons (Fsp3) is 0.357. The number of carbonyl (C=O) groups is 2. The van der Waals surface area contributed by atoms with Crippen molar-refractivity contribution < 1.29 is 19.4 Å². The van der Waals surface area contributed by atoms with Gasteiger partial charge in [0.2, 0.25) is 0 Å². The standard InChI is InChI=1S/C14H15N3O4/c18-12(9-1-2-11-10(7-9)8-15-17-11)16-14(13(19)20)3-5-21-6-4-14/h1-2,7-8H,3-6H2,(H,15,17)(H,16,18)(H,19,20). The lowest BCUT2D eigenvalue weighted by Gasteiger charge is -2.33. The second kappa shape index (κ2) is 5.17. The second-order valence-corrected chi connectivity index (χ2v) is 5.13. The maximum Gasteiger partial charge on any atom is 0.329 e. The molecule has 0 aliphatic carbocycles. The first kappa shape index (κ1) is 13.6. The summed E-state index contributed by atoms with van der Waals surface area (Å²) in [5, 5.41) is 19.6. The largest absolute Gasteiger partial charge is 0.480 e. The monoisotopic (exact) mass is 289 g/mol. The Kier molecular flexibility index (Phi) is 3.34. The first-order valence-corrected chi connectivity index (χ1v) is 6.67. The number of hydrogen-bond donors (Lipinski definition) is 3. The third-order valence-electron chi connectivity index (χ3n) is 3.81. The van der Waals surface area contributed by atoms with Crippen LogP contribution in [0.5, 0.6) is 0 Å². The number of aromatic amines is 1. The average Bonchev–Trinajstić information content (AvgIpc) is 2.95. The predicted octanol–water partition coefficient (Wildman–Crippen LogP) is 0.926. The summed E-state index contributed by atoms with van der Waals surface area (Å²) in [4.78, 5) is 23.9. The molecule has 110 valence electrons. The molecule has 0 saturated carbocycles. The summed E-state index contributed by atoms with van der Waals surface area (Å²) in [5.74, 6) is -1.43. The van der Waals surface area contributed by atoms with E-state index in [2.05, 4.69) is 15.5 Å². The van der Waals surface area contributed by atoms with E-state index in [4.69, 9.17) is 4.74 Å². The molecule has 0 spiro atoms. The minimum Gasteiger partial charge on any atom is -0.480 e. The highest BCUT2D eigenvalue weighted by Gasteiger charge is 2.41. The quantitative estimate of drug-likeness (QED) is 0.779. The molecule has 0 atom stereocenters. The number of nitrogens with zero attached hydrogens (tertiary/aromatic N) is 1. The van der Waals surface area contributed by atoms with Crippen molar-refractivity contribution in [3.05, 3.63) is 30.0 Å². The van der Waals surface area contributed by atoms with Gasteiger partial charge in [-0.05, 0) is 18.2 Å². The van der Waals surface area contributed by atoms with Gasteiger partial charge in [0, 0.05) is 37.0 Å². The summed E-state index contributed by atoms with van der Waals surface area (Å²) in [6.45, 7) is 0.653. The molecule has 7 heteroatoms. The number of carboxylic acid groups (broad SMARTS) is 1. The van der Waals surface area contributed by atoms with Gasteiger partial charge in [-0.2, -0.15) is 5.10 Å². The van der Waals surface area contributed by atoms with E-state index in [0.717, 1.165) is 10.9 Å². The topological polar surface area (TPSA) is 104 Å². The summed E-state index contributed by atoms with van der Waals surface area (Å²) >= 11 is 0. The molecule has 1 saturated heterocycles. The van der Waals surface area contributed by atoms with Gasteiger partial charge in [0.25, 0.3) is 5.91 Å². The van der Waals surface area contributed by atoms with E-state index in [-0.39, 0.29) is 12.8 Å². The van der Waals surface area contributed by atoms with Gasteiger partial charge in [0.1, 0.15) is 5.54 Å². The molecule has 0 bridgehead atoms. The van der Waals surface area contributed by atoms with Gasteiger partial charge >= 0.3 is 5.97 Å². The third kappa shape index (κ3) is 2.47. The number of ether oxygens (including phenoxy) is 1. The van der Waals surface area contributed by atoms with E-state index >= 15 is 0 Å². The number of aliphatic carboxylic acids is 1. The van der Waals surface area contributed by atoms with Crippen LogP contribution in [0.25, 0.3) is 10.9 Å². The molecule has 7 nitrogen and oxygen atoms in total. The van der Waals surface area contributed by atoms with Crippen molar-refractivity contribution in [1.29, 1.82) is 0 Å². The number of fused-ring (bicyclic) bond motifs is 1. The fourth-order valence-electron chi connectivity index (χ4n) is 2.49. The van der Waals surface area contributed by atoms with Crippen LogP contribution in [0.2, 0.25) is 0 Å². The minimum atomic E-state index is -1.25. The van der Waals surface area contributed by atoms with Crippen molar-refractivity contribution in [3.63, 3.8) is 0 Å². The fourth-order valence-corrected chi connectivity index (χ4v) is 2.49. The molecule has 1 aromatic carbocycles. The molecule has 0 unspecified atom stereocenters. The number of carboxylic acids is 1. The summed E-state index contributed by atoms with van der Waals surface area (Å²) < 4.78 is 5.18. The molecule has 1 aliphatic rings. The molecule has 1 aromatic heterocycles. The Labute approximate surface area is 120 Å². The van der Waals surface area contributed by atoms with Crippen LogP contribution in [0.4, 0.5) is 0 Å². The van der Waals surface area contributed by atoms with Crippen molar-refractivity contribution in [2.75, 3.05) is 13.2 Å². The summed E-state index contributed by atoms with van der Waals surface area (Å²) in [6, 6.07) is 5.07. The minimum absolute atomic E-state index is 0.266. The lowest BCUT2D eigenvalue weighted by atomic mass is 9.89. The van der Waals surface area contributed by atoms with Crippen LogP contribution in [0.3, 0.4) is 0 Å². The van der Waals surface area contributed by atoms with Crippen molar-refractivity contribution in [1.82, 2.24) is 15.5 Å². The first-order valence-electron chi connectivity index (χ1n) is 6.67. The van der Waals surface area contributed by atoms with Gasteiger partial charge in [-0.1, -0.05) is 0 Å². The van der Waals surface area contributed by atoms with Crippen LogP contribution in [0.15, 0.2) is 24.4 Å². The van der Waals surface area contributed by atoms with Gasteiger partial charge in [-0.15, -0.1) is 0 Å². The molecular formula is C14H15N3O4. The van der Waals surface area contributed by atoms with Crippen molar-refractivity contribution in [2.24, 2.45) is 0 Å². The van der Waals surface area contributed by atoms with Crippen LogP contribution < -0.4 is 5.32 Å². The Morgan fingerprint density at radius 3 is 2.81 bits per heavy atom. The number of nitrogens with one attached hydrogen (secondary N) is 2. The maximum absolute atomic E-state index is 12.3. The highest BCUT2D eigenvalue weighted by Crippen LogP contribution is 2.22. The molecule has 1 amide bonds. The van der Waals surface area contributed by atoms with E-state index < -0.39 is 17.4 Å². The van der Waals surface area contributed by atoms with Gasteiger partial charge in [-0.25, -0.2) is 4.79 Å². The van der Waals surface area contributed by atoms with E-state index in [1.165, 1.54) is 0 Å². The number of hydrogen-bond acceptors (Lipinski definition) is 4. The van der Waals surface area contributed by atoms with E-state index in [1.54, 1.807) is 24.4 Å². The van der Waals surface area contributed by atoms with Crippen LogP contribution in [-0.4, -0.2) is 45.9 Å². The Hall–Kier alpha value is -2.41. The molecule has 2 heterocycles. The van der Waals surface area contributed by atoms with Gasteiger partial charge in [-0.3, -0.25) is 9.89 Å². The third-order valence-corrected chi connectivity index (χ3v) is 3.81. The maximum atomic E-state index is 12.3.